The zero-order valence-corrected chi connectivity index (χ0v) is 11.0. The second-order valence-electron chi connectivity index (χ2n) is 3.96. The molecule has 1 aromatic carbocycles. The number of non-ortho nitro benzene ring substituents is 1. The summed E-state index contributed by atoms with van der Waals surface area (Å²) in [5.74, 6) is 0.445. The first-order valence-electron chi connectivity index (χ1n) is 5.63. The zero-order valence-electron chi connectivity index (χ0n) is 10.2. The molecule has 0 fully saturated rings. The number of nitro groups is 1. The van der Waals surface area contributed by atoms with Crippen molar-refractivity contribution < 1.29 is 4.92 Å². The van der Waals surface area contributed by atoms with Gasteiger partial charge in [0.2, 0.25) is 0 Å². The topological polar surface area (TPSA) is 91.8 Å². The highest BCUT2D eigenvalue weighted by atomic mass is 35.5. The lowest BCUT2D eigenvalue weighted by Crippen LogP contribution is -2.02. The van der Waals surface area contributed by atoms with Gasteiger partial charge < -0.3 is 5.32 Å². The Labute approximate surface area is 119 Å². The lowest BCUT2D eigenvalue weighted by molar-refractivity contribution is -0.384. The molecule has 0 unspecified atom stereocenters. The number of benzene rings is 1. The average Bonchev–Trinajstić information content (AvgIpc) is 2.44. The van der Waals surface area contributed by atoms with Crippen LogP contribution < -0.4 is 5.32 Å². The highest BCUT2D eigenvalue weighted by Crippen LogP contribution is 2.17. The summed E-state index contributed by atoms with van der Waals surface area (Å²) in [4.78, 5) is 14.2. The van der Waals surface area contributed by atoms with E-state index < -0.39 is 4.92 Å². The van der Waals surface area contributed by atoms with Gasteiger partial charge in [-0.05, 0) is 17.7 Å². The lowest BCUT2D eigenvalue weighted by Gasteiger charge is -2.06. The van der Waals surface area contributed by atoms with Crippen LogP contribution in [-0.4, -0.2) is 9.91 Å². The second-order valence-corrected chi connectivity index (χ2v) is 4.34. The minimum absolute atomic E-state index is 0.0288. The van der Waals surface area contributed by atoms with Crippen LogP contribution in [0.15, 0.2) is 36.4 Å². The monoisotopic (exact) mass is 288 g/mol. The van der Waals surface area contributed by atoms with Crippen LogP contribution in [-0.2, 0) is 6.54 Å². The van der Waals surface area contributed by atoms with Crippen LogP contribution in [0.4, 0.5) is 11.5 Å². The van der Waals surface area contributed by atoms with Gasteiger partial charge in [-0.15, -0.1) is 0 Å². The summed E-state index contributed by atoms with van der Waals surface area (Å²) in [6.07, 6.45) is 0. The molecule has 2 aromatic rings. The molecule has 0 saturated carbocycles. The van der Waals surface area contributed by atoms with Crippen LogP contribution in [0.1, 0.15) is 11.1 Å². The minimum Gasteiger partial charge on any atom is -0.366 e. The number of nitrogens with zero attached hydrogens (tertiary/aromatic N) is 3. The lowest BCUT2D eigenvalue weighted by atomic mass is 10.2. The third-order valence-corrected chi connectivity index (χ3v) is 2.71. The Balaban J connectivity index is 2.13. The van der Waals surface area contributed by atoms with Crippen molar-refractivity contribution in [1.29, 1.82) is 5.26 Å². The summed E-state index contributed by atoms with van der Waals surface area (Å²) in [7, 11) is 0. The molecular weight excluding hydrogens is 280 g/mol. The number of nitrogens with one attached hydrogen (secondary N) is 1. The Bertz CT molecular complexity index is 697. The van der Waals surface area contributed by atoms with E-state index in [0.29, 0.717) is 17.9 Å². The number of nitro benzene ring substituents is 1. The van der Waals surface area contributed by atoms with Gasteiger partial charge >= 0.3 is 0 Å². The highest BCUT2D eigenvalue weighted by Gasteiger charge is 2.06. The second kappa shape index (κ2) is 5.99. The number of pyridine rings is 1. The predicted octanol–water partition coefficient (Wildman–Crippen LogP) is 3.13. The normalized spacial score (nSPS) is 9.80. The molecule has 6 nitrogen and oxygen atoms in total. The van der Waals surface area contributed by atoms with E-state index in [1.165, 1.54) is 18.2 Å². The van der Waals surface area contributed by atoms with E-state index in [9.17, 15) is 10.1 Å². The first kappa shape index (κ1) is 13.8. The summed E-state index contributed by atoms with van der Waals surface area (Å²) in [5.41, 5.74) is 1.16. The van der Waals surface area contributed by atoms with E-state index in [4.69, 9.17) is 16.9 Å². The number of hydrogen-bond donors (Lipinski definition) is 1. The molecule has 1 N–H and O–H groups in total. The summed E-state index contributed by atoms with van der Waals surface area (Å²) in [5, 5.41) is 22.7. The standard InChI is InChI=1S/C13H9ClN4O2/c14-12-5-10(7-15)6-13(17-12)16-8-9-2-1-3-11(4-9)18(19)20/h1-6H,8H2,(H,16,17). The number of nitriles is 1. The summed E-state index contributed by atoms with van der Waals surface area (Å²) in [6.45, 7) is 0.347. The van der Waals surface area contributed by atoms with Gasteiger partial charge in [0.05, 0.1) is 16.6 Å². The van der Waals surface area contributed by atoms with Crippen molar-refractivity contribution in [3.63, 3.8) is 0 Å². The third-order valence-electron chi connectivity index (χ3n) is 2.52. The van der Waals surface area contributed by atoms with Crippen molar-refractivity contribution >= 4 is 23.1 Å². The Morgan fingerprint density at radius 2 is 2.20 bits per heavy atom. The van der Waals surface area contributed by atoms with E-state index >= 15 is 0 Å². The summed E-state index contributed by atoms with van der Waals surface area (Å²) < 4.78 is 0. The van der Waals surface area contributed by atoms with Gasteiger partial charge in [0.1, 0.15) is 11.0 Å². The van der Waals surface area contributed by atoms with E-state index in [2.05, 4.69) is 10.3 Å². The summed E-state index contributed by atoms with van der Waals surface area (Å²) in [6, 6.07) is 11.3. The minimum atomic E-state index is -0.449. The molecule has 0 aliphatic rings. The molecule has 1 aromatic heterocycles. The number of anilines is 1. The molecule has 0 saturated heterocycles. The predicted molar refractivity (Wildman–Crippen MR) is 74.4 cm³/mol. The quantitative estimate of drug-likeness (QED) is 0.530. The smallest absolute Gasteiger partial charge is 0.269 e. The van der Waals surface area contributed by atoms with Gasteiger partial charge in [-0.3, -0.25) is 10.1 Å². The number of rotatable bonds is 4. The molecule has 0 radical (unpaired) electrons. The van der Waals surface area contributed by atoms with Gasteiger partial charge in [0.25, 0.3) is 5.69 Å². The molecule has 7 heteroatoms. The third kappa shape index (κ3) is 3.43. The fraction of sp³-hybridized carbons (Fsp3) is 0.0769. The molecule has 0 aliphatic heterocycles. The van der Waals surface area contributed by atoms with Crippen LogP contribution in [0, 0.1) is 21.4 Å². The number of halogens is 1. The van der Waals surface area contributed by atoms with E-state index in [1.807, 2.05) is 6.07 Å². The Hall–Kier alpha value is -2.65. The highest BCUT2D eigenvalue weighted by molar-refractivity contribution is 6.29. The van der Waals surface area contributed by atoms with Crippen molar-refractivity contribution in [1.82, 2.24) is 4.98 Å². The van der Waals surface area contributed by atoms with E-state index in [-0.39, 0.29) is 10.8 Å². The van der Waals surface area contributed by atoms with Gasteiger partial charge in [0.15, 0.2) is 0 Å². The van der Waals surface area contributed by atoms with Crippen molar-refractivity contribution in [2.75, 3.05) is 5.32 Å². The van der Waals surface area contributed by atoms with Crippen LogP contribution in [0.2, 0.25) is 5.15 Å². The molecule has 0 amide bonds. The van der Waals surface area contributed by atoms with E-state index in [0.717, 1.165) is 5.56 Å². The molecular formula is C13H9ClN4O2. The molecule has 0 spiro atoms. The maximum Gasteiger partial charge on any atom is 0.269 e. The van der Waals surface area contributed by atoms with Crippen molar-refractivity contribution in [3.8, 4) is 6.07 Å². The summed E-state index contributed by atoms with van der Waals surface area (Å²) >= 11 is 5.79. The van der Waals surface area contributed by atoms with E-state index in [1.54, 1.807) is 18.2 Å². The first-order chi connectivity index (χ1) is 9.58. The average molecular weight is 289 g/mol. The molecule has 0 aliphatic carbocycles. The van der Waals surface area contributed by atoms with Crippen LogP contribution in [0.25, 0.3) is 0 Å². The van der Waals surface area contributed by atoms with Crippen molar-refractivity contribution in [3.05, 3.63) is 62.8 Å². The number of hydrogen-bond acceptors (Lipinski definition) is 5. The largest absolute Gasteiger partial charge is 0.366 e. The maximum absolute atomic E-state index is 10.7. The van der Waals surface area contributed by atoms with Gasteiger partial charge in [-0.2, -0.15) is 5.26 Å². The first-order valence-corrected chi connectivity index (χ1v) is 6.01. The van der Waals surface area contributed by atoms with Crippen molar-refractivity contribution in [2.45, 2.75) is 6.54 Å². The molecule has 0 atom stereocenters. The van der Waals surface area contributed by atoms with Gasteiger partial charge in [-0.1, -0.05) is 23.7 Å². The molecule has 100 valence electrons. The molecule has 1 heterocycles. The Morgan fingerprint density at radius 3 is 2.90 bits per heavy atom. The number of aromatic nitrogens is 1. The fourth-order valence-corrected chi connectivity index (χ4v) is 1.83. The fourth-order valence-electron chi connectivity index (χ4n) is 1.62. The van der Waals surface area contributed by atoms with Crippen LogP contribution >= 0.6 is 11.6 Å². The Morgan fingerprint density at radius 1 is 1.40 bits per heavy atom. The maximum atomic E-state index is 10.7. The van der Waals surface area contributed by atoms with Crippen molar-refractivity contribution in [2.24, 2.45) is 0 Å². The molecule has 0 bridgehead atoms. The SMILES string of the molecule is N#Cc1cc(Cl)nc(NCc2cccc([N+](=O)[O-])c2)c1. The van der Waals surface area contributed by atoms with Gasteiger partial charge in [-0.25, -0.2) is 4.98 Å². The molecule has 2 rings (SSSR count). The Kier molecular flexibility index (Phi) is 4.13. The van der Waals surface area contributed by atoms with Crippen LogP contribution in [0.5, 0.6) is 0 Å². The van der Waals surface area contributed by atoms with Gasteiger partial charge in [0, 0.05) is 18.7 Å². The molecule has 20 heavy (non-hydrogen) atoms. The zero-order chi connectivity index (χ0) is 14.5. The van der Waals surface area contributed by atoms with Crippen LogP contribution in [0.3, 0.4) is 0 Å².